The Balaban J connectivity index is 0.968. The molecule has 0 atom stereocenters. The monoisotopic (exact) mass is 878 g/mol. The van der Waals surface area contributed by atoms with Crippen molar-refractivity contribution < 1.29 is 0 Å². The summed E-state index contributed by atoms with van der Waals surface area (Å²) in [7, 11) is 0. The van der Waals surface area contributed by atoms with Gasteiger partial charge < -0.3 is 9.13 Å². The van der Waals surface area contributed by atoms with Gasteiger partial charge in [-0.3, -0.25) is 0 Å². The molecule has 0 aliphatic carbocycles. The van der Waals surface area contributed by atoms with E-state index in [1.165, 1.54) is 99.2 Å². The van der Waals surface area contributed by atoms with E-state index in [1.54, 1.807) is 0 Å². The number of nitrogens with zero attached hydrogens (tertiary/aromatic N) is 2. The molecule has 2 heteroatoms. The molecule has 0 amide bonds. The predicted octanol–water partition coefficient (Wildman–Crippen LogP) is 17.3. The van der Waals surface area contributed by atoms with Gasteiger partial charge in [-0.1, -0.05) is 206 Å². The lowest BCUT2D eigenvalue weighted by molar-refractivity contribution is 0.746. The van der Waals surface area contributed by atoms with Gasteiger partial charge in [0, 0.05) is 32.9 Å². The summed E-state index contributed by atoms with van der Waals surface area (Å²) in [5.41, 5.74) is 18.6. The van der Waals surface area contributed by atoms with Gasteiger partial charge in [-0.05, 0) is 128 Å². The second kappa shape index (κ2) is 16.7. The number of para-hydroxylation sites is 2. The van der Waals surface area contributed by atoms with E-state index in [1.807, 2.05) is 0 Å². The van der Waals surface area contributed by atoms with Gasteiger partial charge in [-0.25, -0.2) is 0 Å². The average Bonchev–Trinajstić information content (AvgIpc) is 3.94. The highest BCUT2D eigenvalue weighted by molar-refractivity contribution is 6.13. The maximum Gasteiger partial charge on any atom is 0.0701 e. The zero-order chi connectivity index (χ0) is 45.7. The van der Waals surface area contributed by atoms with E-state index in [-0.39, 0.29) is 0 Å². The van der Waals surface area contributed by atoms with Crippen molar-refractivity contribution in [3.05, 3.63) is 301 Å². The van der Waals surface area contributed by atoms with Gasteiger partial charge in [-0.15, -0.1) is 0 Å². The SMILES string of the molecule is c1ccc(-c2cccc(-c3ccc(-n4c5ccccc5c5cc(-c6ccc7c(c6)c6cc(C(c8ccccc8)(c8ccccc8)c8ccccc8)ccc6n7-c6ccccc6)ccc54)cc3)c2)cc1. The third kappa shape index (κ3) is 6.72. The van der Waals surface area contributed by atoms with E-state index in [0.717, 1.165) is 11.4 Å². The first kappa shape index (κ1) is 40.3. The summed E-state index contributed by atoms with van der Waals surface area (Å²) in [6.45, 7) is 0. The molecule has 0 unspecified atom stereocenters. The fourth-order valence-corrected chi connectivity index (χ4v) is 11.1. The van der Waals surface area contributed by atoms with Crippen molar-refractivity contribution in [1.82, 2.24) is 9.13 Å². The molecule has 0 N–H and O–H groups in total. The number of hydrogen-bond donors (Lipinski definition) is 0. The van der Waals surface area contributed by atoms with Crippen molar-refractivity contribution in [3.8, 4) is 44.8 Å². The topological polar surface area (TPSA) is 9.86 Å². The molecule has 2 heterocycles. The van der Waals surface area contributed by atoms with Crippen LogP contribution in [0.4, 0.5) is 0 Å². The molecule has 0 spiro atoms. The standard InChI is InChI=1S/C67H46N2/c1-6-19-47(20-7-1)49-21-18-22-50(43-49)48-33-38-58(39-34-48)69-63-32-17-16-31-59(63)60-44-51(35-40-64(60)69)52-36-41-65-61(45-52)62-46-56(37-42-66(62)68(65)57-29-14-5-15-30-57)67(53-23-8-2-9-24-53,54-25-10-3-11-26-54)55-27-12-4-13-28-55/h1-46H. The fraction of sp³-hybridized carbons (Fsp3) is 0.0149. The molecule has 0 saturated carbocycles. The van der Waals surface area contributed by atoms with Crippen LogP contribution in [0.15, 0.2) is 279 Å². The van der Waals surface area contributed by atoms with Crippen LogP contribution in [-0.2, 0) is 5.41 Å². The second-order valence-electron chi connectivity index (χ2n) is 18.1. The molecule has 324 valence electrons. The van der Waals surface area contributed by atoms with Crippen LogP contribution in [0.5, 0.6) is 0 Å². The van der Waals surface area contributed by atoms with Gasteiger partial charge >= 0.3 is 0 Å². The molecular weight excluding hydrogens is 833 g/mol. The van der Waals surface area contributed by atoms with Gasteiger partial charge in [0.2, 0.25) is 0 Å². The van der Waals surface area contributed by atoms with Crippen molar-refractivity contribution in [2.45, 2.75) is 5.41 Å². The molecule has 0 saturated heterocycles. The first-order chi connectivity index (χ1) is 34.2. The van der Waals surface area contributed by atoms with Crippen molar-refractivity contribution >= 4 is 43.6 Å². The van der Waals surface area contributed by atoms with E-state index in [0.29, 0.717) is 0 Å². The summed E-state index contributed by atoms with van der Waals surface area (Å²) in [6.07, 6.45) is 0. The molecule has 13 aromatic rings. The zero-order valence-corrected chi connectivity index (χ0v) is 38.0. The third-order valence-electron chi connectivity index (χ3n) is 14.3. The minimum atomic E-state index is -0.566. The molecule has 0 bridgehead atoms. The third-order valence-corrected chi connectivity index (χ3v) is 14.3. The van der Waals surface area contributed by atoms with Crippen molar-refractivity contribution in [3.63, 3.8) is 0 Å². The van der Waals surface area contributed by atoms with Gasteiger partial charge in [0.25, 0.3) is 0 Å². The molecule has 2 aromatic heterocycles. The highest BCUT2D eigenvalue weighted by atomic mass is 15.0. The van der Waals surface area contributed by atoms with E-state index >= 15 is 0 Å². The predicted molar refractivity (Wildman–Crippen MR) is 290 cm³/mol. The Hall–Kier alpha value is -8.98. The van der Waals surface area contributed by atoms with Crippen molar-refractivity contribution in [1.29, 1.82) is 0 Å². The van der Waals surface area contributed by atoms with Crippen LogP contribution in [0.2, 0.25) is 0 Å². The minimum Gasteiger partial charge on any atom is -0.309 e. The summed E-state index contributed by atoms with van der Waals surface area (Å²) in [5, 5.41) is 4.90. The zero-order valence-electron chi connectivity index (χ0n) is 38.0. The molecule has 13 rings (SSSR count). The van der Waals surface area contributed by atoms with Crippen LogP contribution in [-0.4, -0.2) is 9.13 Å². The Kier molecular flexibility index (Phi) is 9.77. The lowest BCUT2D eigenvalue weighted by atomic mass is 9.65. The molecule has 69 heavy (non-hydrogen) atoms. The highest BCUT2D eigenvalue weighted by Gasteiger charge is 2.38. The minimum absolute atomic E-state index is 0.566. The van der Waals surface area contributed by atoms with E-state index in [2.05, 4.69) is 288 Å². The van der Waals surface area contributed by atoms with Gasteiger partial charge in [0.05, 0.1) is 27.5 Å². The Labute approximate surface area is 402 Å². The Morgan fingerprint density at radius 3 is 1.12 bits per heavy atom. The quantitative estimate of drug-likeness (QED) is 0.128. The largest absolute Gasteiger partial charge is 0.309 e. The number of fused-ring (bicyclic) bond motifs is 6. The summed E-state index contributed by atoms with van der Waals surface area (Å²) in [4.78, 5) is 0. The average molecular weight is 879 g/mol. The number of benzene rings is 11. The fourth-order valence-electron chi connectivity index (χ4n) is 11.1. The molecule has 11 aromatic carbocycles. The second-order valence-corrected chi connectivity index (χ2v) is 18.1. The number of aromatic nitrogens is 2. The molecule has 0 aliphatic heterocycles. The van der Waals surface area contributed by atoms with Crippen LogP contribution < -0.4 is 0 Å². The van der Waals surface area contributed by atoms with E-state index < -0.39 is 5.41 Å². The van der Waals surface area contributed by atoms with Crippen molar-refractivity contribution in [2.24, 2.45) is 0 Å². The summed E-state index contributed by atoms with van der Waals surface area (Å²) in [5.74, 6) is 0. The van der Waals surface area contributed by atoms with Crippen LogP contribution in [0.3, 0.4) is 0 Å². The van der Waals surface area contributed by atoms with Gasteiger partial charge in [0.15, 0.2) is 0 Å². The molecule has 0 radical (unpaired) electrons. The first-order valence-electron chi connectivity index (χ1n) is 23.8. The maximum absolute atomic E-state index is 2.47. The smallest absolute Gasteiger partial charge is 0.0701 e. The van der Waals surface area contributed by atoms with Crippen LogP contribution in [0.1, 0.15) is 22.3 Å². The summed E-state index contributed by atoms with van der Waals surface area (Å²) >= 11 is 0. The van der Waals surface area contributed by atoms with Crippen molar-refractivity contribution in [2.75, 3.05) is 0 Å². The van der Waals surface area contributed by atoms with Gasteiger partial charge in [0.1, 0.15) is 0 Å². The lowest BCUT2D eigenvalue weighted by Gasteiger charge is -2.37. The highest BCUT2D eigenvalue weighted by Crippen LogP contribution is 2.47. The normalized spacial score (nSPS) is 11.8. The molecule has 0 fully saturated rings. The Bertz CT molecular complexity index is 3870. The molecule has 0 aliphatic rings. The Morgan fingerprint density at radius 2 is 0.565 bits per heavy atom. The van der Waals surface area contributed by atoms with E-state index in [9.17, 15) is 0 Å². The summed E-state index contributed by atoms with van der Waals surface area (Å²) < 4.78 is 4.84. The van der Waals surface area contributed by atoms with Gasteiger partial charge in [-0.2, -0.15) is 0 Å². The molecule has 2 nitrogen and oxygen atoms in total. The maximum atomic E-state index is 2.47. The van der Waals surface area contributed by atoms with E-state index in [4.69, 9.17) is 0 Å². The number of hydrogen-bond acceptors (Lipinski definition) is 0. The Morgan fingerprint density at radius 1 is 0.203 bits per heavy atom. The van der Waals surface area contributed by atoms with Crippen LogP contribution >= 0.6 is 0 Å². The van der Waals surface area contributed by atoms with Crippen LogP contribution in [0.25, 0.3) is 88.4 Å². The summed E-state index contributed by atoms with van der Waals surface area (Å²) in [6, 6.07) is 102. The van der Waals surface area contributed by atoms with Crippen LogP contribution in [0, 0.1) is 0 Å². The molecular formula is C67H46N2. The number of rotatable bonds is 9. The first-order valence-corrected chi connectivity index (χ1v) is 23.8. The lowest BCUT2D eigenvalue weighted by Crippen LogP contribution is -2.30.